The topological polar surface area (TPSA) is 58.6 Å². The highest BCUT2D eigenvalue weighted by Crippen LogP contribution is 2.22. The molecule has 0 saturated heterocycles. The Labute approximate surface area is 122 Å². The minimum atomic E-state index is -0.332. The molecule has 110 valence electrons. The monoisotopic (exact) mass is 289 g/mol. The summed E-state index contributed by atoms with van der Waals surface area (Å²) in [5, 5.41) is 12.0. The van der Waals surface area contributed by atoms with Crippen molar-refractivity contribution in [1.29, 1.82) is 0 Å². The predicted octanol–water partition coefficient (Wildman–Crippen LogP) is 2.51. The van der Waals surface area contributed by atoms with E-state index in [0.717, 1.165) is 5.56 Å². The Kier molecular flexibility index (Phi) is 4.90. The van der Waals surface area contributed by atoms with Crippen molar-refractivity contribution in [2.75, 3.05) is 12.4 Å². The van der Waals surface area contributed by atoms with Crippen LogP contribution in [-0.4, -0.2) is 18.1 Å². The summed E-state index contributed by atoms with van der Waals surface area (Å²) in [7, 11) is 1.52. The highest BCUT2D eigenvalue weighted by Gasteiger charge is 2.07. The molecule has 0 atom stereocenters. The zero-order chi connectivity index (χ0) is 15.2. The van der Waals surface area contributed by atoms with Gasteiger partial charge in [-0.3, -0.25) is 4.79 Å². The number of halogens is 1. The lowest BCUT2D eigenvalue weighted by atomic mass is 10.1. The Balaban J connectivity index is 2.04. The number of amides is 1. The molecule has 2 aromatic carbocycles. The molecule has 1 amide bonds. The number of nitrogens with one attached hydrogen (secondary N) is 1. The number of hydrogen-bond acceptors (Lipinski definition) is 3. The van der Waals surface area contributed by atoms with Gasteiger partial charge in [0.15, 0.2) is 0 Å². The van der Waals surface area contributed by atoms with Gasteiger partial charge in [-0.1, -0.05) is 12.1 Å². The number of benzene rings is 2. The molecule has 0 aromatic heterocycles. The maximum atomic E-state index is 12.8. The minimum absolute atomic E-state index is 0.154. The van der Waals surface area contributed by atoms with E-state index in [2.05, 4.69) is 5.32 Å². The summed E-state index contributed by atoms with van der Waals surface area (Å²) in [6.07, 6.45) is 0.154. The SMILES string of the molecule is COc1ccc(NC(=O)Cc2ccc(F)cc2)cc1CO. The van der Waals surface area contributed by atoms with Gasteiger partial charge in [-0.05, 0) is 35.9 Å². The smallest absolute Gasteiger partial charge is 0.228 e. The molecule has 0 unspecified atom stereocenters. The van der Waals surface area contributed by atoms with Crippen molar-refractivity contribution >= 4 is 11.6 Å². The lowest BCUT2D eigenvalue weighted by Crippen LogP contribution is -2.14. The summed E-state index contributed by atoms with van der Waals surface area (Å²) in [5.41, 5.74) is 1.90. The van der Waals surface area contributed by atoms with Crippen molar-refractivity contribution in [2.24, 2.45) is 0 Å². The third-order valence-corrected chi connectivity index (χ3v) is 3.01. The number of methoxy groups -OCH3 is 1. The fraction of sp³-hybridized carbons (Fsp3) is 0.188. The summed E-state index contributed by atoms with van der Waals surface area (Å²) in [4.78, 5) is 11.9. The van der Waals surface area contributed by atoms with Crippen LogP contribution in [0.5, 0.6) is 5.75 Å². The maximum Gasteiger partial charge on any atom is 0.228 e. The van der Waals surface area contributed by atoms with Crippen LogP contribution in [0.25, 0.3) is 0 Å². The molecule has 0 bridgehead atoms. The van der Waals surface area contributed by atoms with Crippen molar-refractivity contribution < 1.29 is 19.0 Å². The van der Waals surface area contributed by atoms with E-state index in [1.54, 1.807) is 30.3 Å². The minimum Gasteiger partial charge on any atom is -0.496 e. The van der Waals surface area contributed by atoms with Crippen LogP contribution in [0.1, 0.15) is 11.1 Å². The van der Waals surface area contributed by atoms with Crippen LogP contribution >= 0.6 is 0 Å². The third kappa shape index (κ3) is 4.03. The normalized spacial score (nSPS) is 10.2. The molecule has 0 spiro atoms. The van der Waals surface area contributed by atoms with Crippen molar-refractivity contribution in [2.45, 2.75) is 13.0 Å². The Morgan fingerprint density at radius 3 is 2.57 bits per heavy atom. The molecular formula is C16H16FNO3. The fourth-order valence-corrected chi connectivity index (χ4v) is 1.97. The second-order valence-corrected chi connectivity index (χ2v) is 4.54. The van der Waals surface area contributed by atoms with Crippen molar-refractivity contribution in [1.82, 2.24) is 0 Å². The first-order valence-corrected chi connectivity index (χ1v) is 6.44. The lowest BCUT2D eigenvalue weighted by molar-refractivity contribution is -0.115. The van der Waals surface area contributed by atoms with Gasteiger partial charge in [0.1, 0.15) is 11.6 Å². The highest BCUT2D eigenvalue weighted by molar-refractivity contribution is 5.92. The summed E-state index contributed by atoms with van der Waals surface area (Å²) in [6, 6.07) is 10.8. The van der Waals surface area contributed by atoms with Crippen molar-refractivity contribution in [3.63, 3.8) is 0 Å². The largest absolute Gasteiger partial charge is 0.496 e. The number of hydrogen-bond donors (Lipinski definition) is 2. The molecular weight excluding hydrogens is 273 g/mol. The van der Waals surface area contributed by atoms with E-state index in [4.69, 9.17) is 4.74 Å². The Bertz CT molecular complexity index is 626. The van der Waals surface area contributed by atoms with Gasteiger partial charge >= 0.3 is 0 Å². The zero-order valence-corrected chi connectivity index (χ0v) is 11.6. The van der Waals surface area contributed by atoms with E-state index in [-0.39, 0.29) is 24.8 Å². The summed E-state index contributed by atoms with van der Waals surface area (Å²) < 4.78 is 17.9. The van der Waals surface area contributed by atoms with E-state index in [0.29, 0.717) is 17.0 Å². The van der Waals surface area contributed by atoms with Crippen LogP contribution in [-0.2, 0) is 17.8 Å². The third-order valence-electron chi connectivity index (χ3n) is 3.01. The molecule has 0 radical (unpaired) electrons. The van der Waals surface area contributed by atoms with Gasteiger partial charge in [-0.25, -0.2) is 4.39 Å². The van der Waals surface area contributed by atoms with Gasteiger partial charge in [0.25, 0.3) is 0 Å². The quantitative estimate of drug-likeness (QED) is 0.889. The number of aliphatic hydroxyl groups excluding tert-OH is 1. The van der Waals surface area contributed by atoms with Crippen LogP contribution in [0.3, 0.4) is 0 Å². The second kappa shape index (κ2) is 6.85. The first kappa shape index (κ1) is 15.0. The molecule has 0 fully saturated rings. The first-order chi connectivity index (χ1) is 10.1. The predicted molar refractivity (Wildman–Crippen MR) is 77.7 cm³/mol. The molecule has 2 rings (SSSR count). The molecule has 5 heteroatoms. The number of ether oxygens (including phenoxy) is 1. The van der Waals surface area contributed by atoms with Crippen LogP contribution in [0.2, 0.25) is 0 Å². The molecule has 0 saturated carbocycles. The van der Waals surface area contributed by atoms with E-state index in [1.165, 1.54) is 19.2 Å². The molecule has 0 aliphatic carbocycles. The second-order valence-electron chi connectivity index (χ2n) is 4.54. The average molecular weight is 289 g/mol. The van der Waals surface area contributed by atoms with E-state index in [1.807, 2.05) is 0 Å². The van der Waals surface area contributed by atoms with Gasteiger partial charge in [-0.2, -0.15) is 0 Å². The van der Waals surface area contributed by atoms with E-state index >= 15 is 0 Å². The van der Waals surface area contributed by atoms with Gasteiger partial charge in [0, 0.05) is 11.3 Å². The number of anilines is 1. The zero-order valence-electron chi connectivity index (χ0n) is 11.6. The first-order valence-electron chi connectivity index (χ1n) is 6.44. The van der Waals surface area contributed by atoms with Crippen LogP contribution in [0.15, 0.2) is 42.5 Å². The summed E-state index contributed by atoms with van der Waals surface area (Å²) in [5.74, 6) is 0.0200. The van der Waals surface area contributed by atoms with Crippen LogP contribution < -0.4 is 10.1 Å². The van der Waals surface area contributed by atoms with Gasteiger partial charge < -0.3 is 15.2 Å². The molecule has 2 aromatic rings. The molecule has 0 heterocycles. The van der Waals surface area contributed by atoms with Crippen LogP contribution in [0.4, 0.5) is 10.1 Å². The van der Waals surface area contributed by atoms with Gasteiger partial charge in [0.05, 0.1) is 20.1 Å². The standard InChI is InChI=1S/C16H16FNO3/c1-21-15-7-6-14(9-12(15)10-19)18-16(20)8-11-2-4-13(17)5-3-11/h2-7,9,19H,8,10H2,1H3,(H,18,20). The molecule has 4 nitrogen and oxygen atoms in total. The molecule has 21 heavy (non-hydrogen) atoms. The van der Waals surface area contributed by atoms with Gasteiger partial charge in [0.2, 0.25) is 5.91 Å². The van der Waals surface area contributed by atoms with E-state index in [9.17, 15) is 14.3 Å². The Morgan fingerprint density at radius 1 is 1.24 bits per heavy atom. The molecule has 0 aliphatic rings. The lowest BCUT2D eigenvalue weighted by Gasteiger charge is -2.10. The van der Waals surface area contributed by atoms with Crippen LogP contribution in [0, 0.1) is 5.82 Å². The summed E-state index contributed by atoms with van der Waals surface area (Å²) >= 11 is 0. The highest BCUT2D eigenvalue weighted by atomic mass is 19.1. The number of carbonyl (C=O) groups is 1. The molecule has 0 aliphatic heterocycles. The average Bonchev–Trinajstić information content (AvgIpc) is 2.49. The Morgan fingerprint density at radius 2 is 1.95 bits per heavy atom. The van der Waals surface area contributed by atoms with Gasteiger partial charge in [-0.15, -0.1) is 0 Å². The number of aliphatic hydroxyl groups is 1. The number of rotatable bonds is 5. The Hall–Kier alpha value is -2.40. The fourth-order valence-electron chi connectivity index (χ4n) is 1.97. The molecule has 2 N–H and O–H groups in total. The summed E-state index contributed by atoms with van der Waals surface area (Å²) in [6.45, 7) is -0.176. The van der Waals surface area contributed by atoms with Crippen molar-refractivity contribution in [3.05, 3.63) is 59.4 Å². The van der Waals surface area contributed by atoms with E-state index < -0.39 is 0 Å². The van der Waals surface area contributed by atoms with Crippen molar-refractivity contribution in [3.8, 4) is 5.75 Å². The number of carbonyl (C=O) groups excluding carboxylic acids is 1. The maximum absolute atomic E-state index is 12.8.